The molecule has 1 amide bonds. The number of hydrogen-bond acceptors (Lipinski definition) is 3. The summed E-state index contributed by atoms with van der Waals surface area (Å²) < 4.78 is 4.89. The maximum absolute atomic E-state index is 11.5. The number of benzene rings is 2. The fourth-order valence-electron chi connectivity index (χ4n) is 1.91. The molecular weight excluding hydrogens is 228 g/mol. The second-order valence-electron chi connectivity index (χ2n) is 3.80. The first-order valence-corrected chi connectivity index (χ1v) is 5.89. The molecule has 0 radical (unpaired) electrons. The summed E-state index contributed by atoms with van der Waals surface area (Å²) in [6.07, 6.45) is -0.431. The molecule has 0 atom stereocenters. The first kappa shape index (κ1) is 12.2. The minimum absolute atomic E-state index is 0.359. The number of carbonyl (C=O) groups excluding carboxylic acids is 1. The first-order chi connectivity index (χ1) is 8.76. The quantitative estimate of drug-likeness (QED) is 0.869. The molecule has 94 valence electrons. The summed E-state index contributed by atoms with van der Waals surface area (Å²) in [6, 6.07) is 11.7. The molecule has 0 aromatic heterocycles. The van der Waals surface area contributed by atoms with E-state index in [1.165, 1.54) is 0 Å². The van der Waals surface area contributed by atoms with Gasteiger partial charge in [-0.15, -0.1) is 0 Å². The molecule has 0 aliphatic carbocycles. The fraction of sp³-hybridized carbons (Fsp3) is 0.214. The lowest BCUT2D eigenvalue weighted by Crippen LogP contribution is -2.13. The van der Waals surface area contributed by atoms with Crippen LogP contribution in [0.1, 0.15) is 6.92 Å². The van der Waals surface area contributed by atoms with Crippen LogP contribution >= 0.6 is 0 Å². The van der Waals surface area contributed by atoms with E-state index in [2.05, 4.69) is 10.6 Å². The highest BCUT2D eigenvalue weighted by Crippen LogP contribution is 2.28. The van der Waals surface area contributed by atoms with Gasteiger partial charge in [0.1, 0.15) is 0 Å². The van der Waals surface area contributed by atoms with Crippen LogP contribution in [0.25, 0.3) is 10.8 Å². The molecule has 2 rings (SSSR count). The van der Waals surface area contributed by atoms with Crippen LogP contribution in [0.5, 0.6) is 0 Å². The SMILES string of the molecule is CCOC(=O)Nc1cccc2c(NC)cccc12. The van der Waals surface area contributed by atoms with Gasteiger partial charge in [0, 0.05) is 23.5 Å². The summed E-state index contributed by atoms with van der Waals surface area (Å²) >= 11 is 0. The van der Waals surface area contributed by atoms with Crippen molar-refractivity contribution >= 4 is 28.2 Å². The van der Waals surface area contributed by atoms with Gasteiger partial charge >= 0.3 is 6.09 Å². The Morgan fingerprint density at radius 2 is 1.72 bits per heavy atom. The minimum Gasteiger partial charge on any atom is -0.450 e. The third-order valence-electron chi connectivity index (χ3n) is 2.70. The standard InChI is InChI=1S/C14H16N2O2/c1-3-18-14(17)16-13-9-5-6-10-11(13)7-4-8-12(10)15-2/h4-9,15H,3H2,1-2H3,(H,16,17). The van der Waals surface area contributed by atoms with E-state index < -0.39 is 6.09 Å². The third kappa shape index (κ3) is 2.37. The van der Waals surface area contributed by atoms with E-state index in [1.54, 1.807) is 6.92 Å². The third-order valence-corrected chi connectivity index (χ3v) is 2.70. The average molecular weight is 244 g/mol. The Balaban J connectivity index is 2.42. The van der Waals surface area contributed by atoms with Crippen molar-refractivity contribution in [3.8, 4) is 0 Å². The van der Waals surface area contributed by atoms with E-state index in [-0.39, 0.29) is 0 Å². The topological polar surface area (TPSA) is 50.4 Å². The van der Waals surface area contributed by atoms with Crippen LogP contribution in [0.4, 0.5) is 16.2 Å². The predicted octanol–water partition coefficient (Wildman–Crippen LogP) is 3.45. The Hall–Kier alpha value is -2.23. The number of hydrogen-bond donors (Lipinski definition) is 2. The zero-order valence-corrected chi connectivity index (χ0v) is 10.5. The highest BCUT2D eigenvalue weighted by molar-refractivity contribution is 6.04. The van der Waals surface area contributed by atoms with E-state index in [9.17, 15) is 4.79 Å². The van der Waals surface area contributed by atoms with Gasteiger partial charge in [-0.1, -0.05) is 24.3 Å². The molecule has 0 saturated carbocycles. The fourth-order valence-corrected chi connectivity index (χ4v) is 1.91. The summed E-state index contributed by atoms with van der Waals surface area (Å²) in [7, 11) is 1.88. The lowest BCUT2D eigenvalue weighted by atomic mass is 10.1. The maximum atomic E-state index is 11.5. The van der Waals surface area contributed by atoms with Crippen molar-refractivity contribution < 1.29 is 9.53 Å². The summed E-state index contributed by atoms with van der Waals surface area (Å²) in [6.45, 7) is 2.14. The van der Waals surface area contributed by atoms with E-state index in [0.717, 1.165) is 22.1 Å². The molecule has 2 N–H and O–H groups in total. The van der Waals surface area contributed by atoms with Crippen molar-refractivity contribution in [3.05, 3.63) is 36.4 Å². The van der Waals surface area contributed by atoms with Crippen LogP contribution < -0.4 is 10.6 Å². The predicted molar refractivity (Wildman–Crippen MR) is 74.1 cm³/mol. The van der Waals surface area contributed by atoms with Crippen molar-refractivity contribution in [1.29, 1.82) is 0 Å². The van der Waals surface area contributed by atoms with Crippen molar-refractivity contribution in [2.45, 2.75) is 6.92 Å². The molecule has 4 nitrogen and oxygen atoms in total. The molecule has 0 aliphatic heterocycles. The summed E-state index contributed by atoms with van der Waals surface area (Å²) in [5.41, 5.74) is 1.78. The van der Waals surface area contributed by atoms with Crippen molar-refractivity contribution in [2.24, 2.45) is 0 Å². The zero-order valence-electron chi connectivity index (χ0n) is 10.5. The maximum Gasteiger partial charge on any atom is 0.411 e. The van der Waals surface area contributed by atoms with Crippen molar-refractivity contribution in [3.63, 3.8) is 0 Å². The Morgan fingerprint density at radius 1 is 1.11 bits per heavy atom. The number of amides is 1. The smallest absolute Gasteiger partial charge is 0.411 e. The van der Waals surface area contributed by atoms with E-state index >= 15 is 0 Å². The van der Waals surface area contributed by atoms with Crippen molar-refractivity contribution in [1.82, 2.24) is 0 Å². The molecule has 0 aliphatic rings. The number of rotatable bonds is 3. The highest BCUT2D eigenvalue weighted by atomic mass is 16.5. The molecule has 0 bridgehead atoms. The van der Waals surface area contributed by atoms with Crippen LogP contribution in [0.2, 0.25) is 0 Å². The lowest BCUT2D eigenvalue weighted by molar-refractivity contribution is 0.168. The zero-order chi connectivity index (χ0) is 13.0. The number of ether oxygens (including phenoxy) is 1. The minimum atomic E-state index is -0.431. The molecule has 0 fully saturated rings. The number of fused-ring (bicyclic) bond motifs is 1. The highest BCUT2D eigenvalue weighted by Gasteiger charge is 2.07. The molecule has 0 unspecified atom stereocenters. The normalized spacial score (nSPS) is 10.1. The first-order valence-electron chi connectivity index (χ1n) is 5.89. The molecule has 0 saturated heterocycles. The van der Waals surface area contributed by atoms with E-state index in [4.69, 9.17) is 4.74 Å². The Labute approximate surface area is 106 Å². The van der Waals surface area contributed by atoms with Crippen LogP contribution in [0, 0.1) is 0 Å². The van der Waals surface area contributed by atoms with Crippen LogP contribution in [-0.4, -0.2) is 19.7 Å². The largest absolute Gasteiger partial charge is 0.450 e. The Bertz CT molecular complexity index is 567. The van der Waals surface area contributed by atoms with Gasteiger partial charge < -0.3 is 10.1 Å². The molecule has 4 heteroatoms. The second kappa shape index (κ2) is 5.40. The van der Waals surface area contributed by atoms with Gasteiger partial charge in [-0.3, -0.25) is 5.32 Å². The molecule has 2 aromatic rings. The van der Waals surface area contributed by atoms with Gasteiger partial charge in [-0.05, 0) is 19.1 Å². The molecular formula is C14H16N2O2. The molecule has 0 spiro atoms. The Morgan fingerprint density at radius 3 is 2.33 bits per heavy atom. The molecule has 0 heterocycles. The van der Waals surface area contributed by atoms with Gasteiger partial charge in [0.2, 0.25) is 0 Å². The van der Waals surface area contributed by atoms with Gasteiger partial charge in [0.15, 0.2) is 0 Å². The number of nitrogens with one attached hydrogen (secondary N) is 2. The monoisotopic (exact) mass is 244 g/mol. The van der Waals surface area contributed by atoms with Gasteiger partial charge in [-0.25, -0.2) is 4.79 Å². The van der Waals surface area contributed by atoms with Gasteiger partial charge in [0.05, 0.1) is 12.3 Å². The Kier molecular flexibility index (Phi) is 3.67. The summed E-state index contributed by atoms with van der Waals surface area (Å²) in [4.78, 5) is 11.5. The number of anilines is 2. The summed E-state index contributed by atoms with van der Waals surface area (Å²) in [5, 5.41) is 7.93. The van der Waals surface area contributed by atoms with Crippen molar-refractivity contribution in [2.75, 3.05) is 24.3 Å². The van der Waals surface area contributed by atoms with E-state index in [0.29, 0.717) is 6.61 Å². The lowest BCUT2D eigenvalue weighted by Gasteiger charge is -2.11. The van der Waals surface area contributed by atoms with Crippen LogP contribution in [-0.2, 0) is 4.74 Å². The van der Waals surface area contributed by atoms with E-state index in [1.807, 2.05) is 43.4 Å². The van der Waals surface area contributed by atoms with Crippen LogP contribution in [0.15, 0.2) is 36.4 Å². The van der Waals surface area contributed by atoms with Crippen LogP contribution in [0.3, 0.4) is 0 Å². The average Bonchev–Trinajstić information content (AvgIpc) is 2.38. The molecule has 18 heavy (non-hydrogen) atoms. The second-order valence-corrected chi connectivity index (χ2v) is 3.80. The molecule has 2 aromatic carbocycles. The van der Waals surface area contributed by atoms with Gasteiger partial charge in [0.25, 0.3) is 0 Å². The van der Waals surface area contributed by atoms with Gasteiger partial charge in [-0.2, -0.15) is 0 Å². The summed E-state index contributed by atoms with van der Waals surface area (Å²) in [5.74, 6) is 0. The number of carbonyl (C=O) groups is 1.